The van der Waals surface area contributed by atoms with Crippen molar-refractivity contribution in [1.29, 1.82) is 0 Å². The van der Waals surface area contributed by atoms with E-state index in [-0.39, 0.29) is 10.7 Å². The van der Waals surface area contributed by atoms with Gasteiger partial charge in [-0.25, -0.2) is 9.36 Å². The fourth-order valence-electron chi connectivity index (χ4n) is 1.97. The number of hydrogen-bond acceptors (Lipinski definition) is 2. The average molecular weight is 279 g/mol. The van der Waals surface area contributed by atoms with E-state index in [0.29, 0.717) is 17.7 Å². The summed E-state index contributed by atoms with van der Waals surface area (Å²) in [6.45, 7) is 3.87. The molecule has 2 rings (SSSR count). The third kappa shape index (κ3) is 2.49. The number of aryl methyl sites for hydroxylation is 1. The van der Waals surface area contributed by atoms with Gasteiger partial charge in [0.15, 0.2) is 0 Å². The minimum Gasteiger partial charge on any atom is -0.297 e. The third-order valence-corrected chi connectivity index (χ3v) is 3.42. The van der Waals surface area contributed by atoms with Crippen molar-refractivity contribution in [3.8, 4) is 5.69 Å². The molecular weight excluding hydrogens is 264 g/mol. The molecule has 4 nitrogen and oxygen atoms in total. The summed E-state index contributed by atoms with van der Waals surface area (Å²) in [5.74, 6) is 0. The Morgan fingerprint density at radius 1 is 1.11 bits per heavy atom. The van der Waals surface area contributed by atoms with E-state index in [4.69, 9.17) is 11.6 Å². The molecule has 0 spiro atoms. The van der Waals surface area contributed by atoms with E-state index in [0.717, 1.165) is 16.6 Å². The van der Waals surface area contributed by atoms with Gasteiger partial charge >= 0.3 is 5.69 Å². The fourth-order valence-corrected chi connectivity index (χ4v) is 2.26. The molecule has 0 atom stereocenters. The molecule has 0 amide bonds. The van der Waals surface area contributed by atoms with E-state index in [1.54, 1.807) is 12.1 Å². The van der Waals surface area contributed by atoms with Gasteiger partial charge in [-0.1, -0.05) is 37.6 Å². The van der Waals surface area contributed by atoms with Gasteiger partial charge in [0, 0.05) is 0 Å². The fraction of sp³-hybridized carbons (Fsp3) is 0.286. The van der Waals surface area contributed by atoms with Gasteiger partial charge in [-0.3, -0.25) is 9.78 Å². The molecule has 0 bridgehead atoms. The van der Waals surface area contributed by atoms with Crippen molar-refractivity contribution in [3.63, 3.8) is 0 Å². The van der Waals surface area contributed by atoms with E-state index in [1.165, 1.54) is 0 Å². The van der Waals surface area contributed by atoms with Crippen molar-refractivity contribution in [1.82, 2.24) is 9.55 Å². The van der Waals surface area contributed by atoms with E-state index >= 15 is 0 Å². The smallest absolute Gasteiger partial charge is 0.297 e. The van der Waals surface area contributed by atoms with Crippen molar-refractivity contribution >= 4 is 11.6 Å². The number of halogens is 1. The van der Waals surface area contributed by atoms with Crippen molar-refractivity contribution in [2.45, 2.75) is 26.7 Å². The van der Waals surface area contributed by atoms with E-state index in [9.17, 15) is 9.59 Å². The molecule has 1 aromatic carbocycles. The molecule has 0 unspecified atom stereocenters. The van der Waals surface area contributed by atoms with Crippen LogP contribution in [-0.2, 0) is 12.8 Å². The third-order valence-electron chi connectivity index (χ3n) is 3.10. The molecule has 100 valence electrons. The van der Waals surface area contributed by atoms with Gasteiger partial charge in [-0.05, 0) is 30.5 Å². The molecule has 0 saturated heterocycles. The SMILES string of the molecule is CCc1ccc(-n2c(=O)[nH]c(Cl)c(CC)c2=O)cc1. The second kappa shape index (κ2) is 5.45. The number of nitrogens with zero attached hydrogens (tertiary/aromatic N) is 1. The topological polar surface area (TPSA) is 54.9 Å². The number of hydrogen-bond donors (Lipinski definition) is 1. The van der Waals surface area contributed by atoms with Crippen LogP contribution in [-0.4, -0.2) is 9.55 Å². The van der Waals surface area contributed by atoms with Gasteiger partial charge in [0.05, 0.1) is 11.3 Å². The number of nitrogens with one attached hydrogen (secondary N) is 1. The lowest BCUT2D eigenvalue weighted by Crippen LogP contribution is -2.36. The molecule has 1 aromatic heterocycles. The molecule has 0 aliphatic rings. The highest BCUT2D eigenvalue weighted by molar-refractivity contribution is 6.30. The van der Waals surface area contributed by atoms with Crippen LogP contribution in [0.5, 0.6) is 0 Å². The maximum absolute atomic E-state index is 12.3. The van der Waals surface area contributed by atoms with Crippen LogP contribution in [0.4, 0.5) is 0 Å². The highest BCUT2D eigenvalue weighted by Crippen LogP contribution is 2.10. The first kappa shape index (κ1) is 13.6. The summed E-state index contributed by atoms with van der Waals surface area (Å²) < 4.78 is 1.12. The molecular formula is C14H15ClN2O2. The quantitative estimate of drug-likeness (QED) is 0.876. The summed E-state index contributed by atoms with van der Waals surface area (Å²) in [5.41, 5.74) is 1.24. The van der Waals surface area contributed by atoms with Crippen molar-refractivity contribution in [2.75, 3.05) is 0 Å². The summed E-state index contributed by atoms with van der Waals surface area (Å²) in [5, 5.41) is 0.124. The minimum atomic E-state index is -0.517. The first-order valence-corrected chi connectivity index (χ1v) is 6.59. The van der Waals surface area contributed by atoms with Gasteiger partial charge in [-0.15, -0.1) is 0 Å². The Bertz CT molecular complexity index is 699. The van der Waals surface area contributed by atoms with Crippen LogP contribution in [0.25, 0.3) is 5.69 Å². The van der Waals surface area contributed by atoms with E-state index in [2.05, 4.69) is 4.98 Å². The van der Waals surface area contributed by atoms with Gasteiger partial charge in [0.2, 0.25) is 0 Å². The van der Waals surface area contributed by atoms with Crippen molar-refractivity contribution in [2.24, 2.45) is 0 Å². The van der Waals surface area contributed by atoms with Crippen LogP contribution in [0.1, 0.15) is 25.0 Å². The normalized spacial score (nSPS) is 10.7. The van der Waals surface area contributed by atoms with Crippen LogP contribution in [0.2, 0.25) is 5.15 Å². The van der Waals surface area contributed by atoms with Crippen molar-refractivity contribution in [3.05, 3.63) is 61.4 Å². The maximum Gasteiger partial charge on any atom is 0.334 e. The Morgan fingerprint density at radius 3 is 2.26 bits per heavy atom. The summed E-state index contributed by atoms with van der Waals surface area (Å²) in [6.07, 6.45) is 1.38. The first-order chi connectivity index (χ1) is 9.08. The summed E-state index contributed by atoms with van der Waals surface area (Å²) in [4.78, 5) is 26.7. The average Bonchev–Trinajstić information content (AvgIpc) is 2.39. The molecule has 0 fully saturated rings. The monoisotopic (exact) mass is 278 g/mol. The van der Waals surface area contributed by atoms with E-state index < -0.39 is 5.69 Å². The second-order valence-corrected chi connectivity index (χ2v) is 4.61. The molecule has 0 aliphatic heterocycles. The molecule has 1 N–H and O–H groups in total. The Morgan fingerprint density at radius 2 is 1.74 bits per heavy atom. The molecule has 0 aliphatic carbocycles. The van der Waals surface area contributed by atoms with Gasteiger partial charge in [-0.2, -0.15) is 0 Å². The predicted molar refractivity (Wildman–Crippen MR) is 76.4 cm³/mol. The van der Waals surface area contributed by atoms with Crippen molar-refractivity contribution < 1.29 is 0 Å². The van der Waals surface area contributed by atoms with Crippen LogP contribution in [0.3, 0.4) is 0 Å². The summed E-state index contributed by atoms with van der Waals surface area (Å²) >= 11 is 5.87. The second-order valence-electron chi connectivity index (χ2n) is 4.24. The van der Waals surface area contributed by atoms with Crippen LogP contribution in [0, 0.1) is 0 Å². The summed E-state index contributed by atoms with van der Waals surface area (Å²) in [7, 11) is 0. The number of rotatable bonds is 3. The predicted octanol–water partition coefficient (Wildman–Crippen LogP) is 2.30. The number of benzene rings is 1. The molecule has 0 saturated carbocycles. The number of aromatic nitrogens is 2. The molecule has 19 heavy (non-hydrogen) atoms. The highest BCUT2D eigenvalue weighted by atomic mass is 35.5. The minimum absolute atomic E-state index is 0.124. The molecule has 2 aromatic rings. The molecule has 1 heterocycles. The Kier molecular flexibility index (Phi) is 3.90. The number of H-pyrrole nitrogens is 1. The maximum atomic E-state index is 12.3. The largest absolute Gasteiger partial charge is 0.334 e. The lowest BCUT2D eigenvalue weighted by Gasteiger charge is -2.08. The van der Waals surface area contributed by atoms with Gasteiger partial charge in [0.25, 0.3) is 5.56 Å². The summed E-state index contributed by atoms with van der Waals surface area (Å²) in [6, 6.07) is 7.34. The highest BCUT2D eigenvalue weighted by Gasteiger charge is 2.12. The van der Waals surface area contributed by atoms with Gasteiger partial charge < -0.3 is 0 Å². The zero-order chi connectivity index (χ0) is 14.0. The zero-order valence-corrected chi connectivity index (χ0v) is 11.6. The zero-order valence-electron chi connectivity index (χ0n) is 10.9. The number of aromatic amines is 1. The Balaban J connectivity index is 2.68. The molecule has 0 radical (unpaired) electrons. The molecule has 5 heteroatoms. The standard InChI is InChI=1S/C14H15ClN2O2/c1-3-9-5-7-10(8-6-9)17-13(18)11(4-2)12(15)16-14(17)19/h5-8H,3-4H2,1-2H3,(H,16,19). The lowest BCUT2D eigenvalue weighted by atomic mass is 10.1. The first-order valence-electron chi connectivity index (χ1n) is 6.21. The lowest BCUT2D eigenvalue weighted by molar-refractivity contribution is 0.841. The Labute approximate surface area is 115 Å². The van der Waals surface area contributed by atoms with Crippen LogP contribution >= 0.6 is 11.6 Å². The van der Waals surface area contributed by atoms with Crippen LogP contribution < -0.4 is 11.2 Å². The Hall–Kier alpha value is -1.81. The van der Waals surface area contributed by atoms with Crippen LogP contribution in [0.15, 0.2) is 33.9 Å². The van der Waals surface area contributed by atoms with Gasteiger partial charge in [0.1, 0.15) is 5.15 Å². The van der Waals surface area contributed by atoms with E-state index in [1.807, 2.05) is 26.0 Å².